The zero-order valence-electron chi connectivity index (χ0n) is 7.30. The maximum atomic E-state index is 11.6. The first kappa shape index (κ1) is 7.35. The standard InChI is InChI=1S/C9H12N2O2/c12-7-9(11-8(13)10-7)4-5-1-2-6(9)3-5/h5-6H,1-4H2,(H2,10,11,12,13)/t5-,6+,9+/m0/s1. The van der Waals surface area contributed by atoms with E-state index in [1.807, 2.05) is 0 Å². The average Bonchev–Trinajstić information content (AvgIpc) is 2.68. The first-order valence-corrected chi connectivity index (χ1v) is 4.84. The van der Waals surface area contributed by atoms with E-state index in [4.69, 9.17) is 0 Å². The maximum absolute atomic E-state index is 11.6. The summed E-state index contributed by atoms with van der Waals surface area (Å²) in [5.41, 5.74) is -0.514. The molecule has 0 radical (unpaired) electrons. The third-order valence-electron chi connectivity index (χ3n) is 3.82. The molecule has 1 aliphatic heterocycles. The number of imide groups is 1. The van der Waals surface area contributed by atoms with Gasteiger partial charge in [-0.3, -0.25) is 10.1 Å². The number of rotatable bonds is 0. The molecule has 2 aliphatic carbocycles. The lowest BCUT2D eigenvalue weighted by molar-refractivity contribution is -0.125. The van der Waals surface area contributed by atoms with Crippen LogP contribution in [0.4, 0.5) is 4.79 Å². The third kappa shape index (κ3) is 0.759. The fraction of sp³-hybridized carbons (Fsp3) is 0.778. The van der Waals surface area contributed by atoms with Crippen LogP contribution in [0.2, 0.25) is 0 Å². The van der Waals surface area contributed by atoms with Crippen LogP contribution in [0.25, 0.3) is 0 Å². The molecule has 0 aromatic carbocycles. The van der Waals surface area contributed by atoms with Gasteiger partial charge in [-0.2, -0.15) is 0 Å². The van der Waals surface area contributed by atoms with E-state index >= 15 is 0 Å². The largest absolute Gasteiger partial charge is 0.323 e. The summed E-state index contributed by atoms with van der Waals surface area (Å²) >= 11 is 0. The van der Waals surface area contributed by atoms with Gasteiger partial charge in [-0.25, -0.2) is 4.79 Å². The first-order valence-electron chi connectivity index (χ1n) is 4.84. The molecule has 13 heavy (non-hydrogen) atoms. The molecule has 0 aromatic rings. The van der Waals surface area contributed by atoms with E-state index in [0.717, 1.165) is 19.3 Å². The molecule has 2 N–H and O–H groups in total. The molecule has 0 aromatic heterocycles. The van der Waals surface area contributed by atoms with E-state index < -0.39 is 5.54 Å². The van der Waals surface area contributed by atoms with Crippen LogP contribution in [0, 0.1) is 11.8 Å². The van der Waals surface area contributed by atoms with Crippen LogP contribution in [0.5, 0.6) is 0 Å². The lowest BCUT2D eigenvalue weighted by atomic mass is 9.81. The fourth-order valence-corrected chi connectivity index (χ4v) is 3.27. The number of carbonyl (C=O) groups excluding carboxylic acids is 2. The molecule has 3 rings (SSSR count). The Morgan fingerprint density at radius 1 is 1.31 bits per heavy atom. The second kappa shape index (κ2) is 2.05. The summed E-state index contributed by atoms with van der Waals surface area (Å²) in [7, 11) is 0. The van der Waals surface area contributed by atoms with Gasteiger partial charge in [0.2, 0.25) is 0 Å². The van der Waals surface area contributed by atoms with Crippen molar-refractivity contribution in [3.63, 3.8) is 0 Å². The van der Waals surface area contributed by atoms with Crippen molar-refractivity contribution in [3.8, 4) is 0 Å². The average molecular weight is 180 g/mol. The molecule has 3 fully saturated rings. The first-order chi connectivity index (χ1) is 6.21. The highest BCUT2D eigenvalue weighted by Crippen LogP contribution is 2.51. The van der Waals surface area contributed by atoms with E-state index in [1.54, 1.807) is 0 Å². The van der Waals surface area contributed by atoms with Crippen molar-refractivity contribution in [2.75, 3.05) is 0 Å². The van der Waals surface area contributed by atoms with Crippen molar-refractivity contribution in [2.45, 2.75) is 31.2 Å². The minimum absolute atomic E-state index is 0.0929. The second-order valence-electron chi connectivity index (χ2n) is 4.46. The number of fused-ring (bicyclic) bond motifs is 3. The Bertz CT molecular complexity index is 302. The van der Waals surface area contributed by atoms with Crippen molar-refractivity contribution in [2.24, 2.45) is 11.8 Å². The molecule has 4 nitrogen and oxygen atoms in total. The molecule has 1 heterocycles. The van der Waals surface area contributed by atoms with Crippen molar-refractivity contribution in [1.29, 1.82) is 0 Å². The van der Waals surface area contributed by atoms with Crippen molar-refractivity contribution in [1.82, 2.24) is 10.6 Å². The summed E-state index contributed by atoms with van der Waals surface area (Å²) in [6.07, 6.45) is 4.30. The van der Waals surface area contributed by atoms with Gasteiger partial charge in [-0.1, -0.05) is 0 Å². The Kier molecular flexibility index (Phi) is 1.16. The topological polar surface area (TPSA) is 58.2 Å². The summed E-state index contributed by atoms with van der Waals surface area (Å²) in [6, 6.07) is -0.308. The van der Waals surface area contributed by atoms with Crippen LogP contribution in [0.15, 0.2) is 0 Å². The molecule has 1 spiro atoms. The highest BCUT2D eigenvalue weighted by atomic mass is 16.2. The predicted molar refractivity (Wildman–Crippen MR) is 44.9 cm³/mol. The van der Waals surface area contributed by atoms with Gasteiger partial charge in [-0.05, 0) is 37.5 Å². The number of urea groups is 1. The molecule has 1 saturated heterocycles. The van der Waals surface area contributed by atoms with Crippen molar-refractivity contribution < 1.29 is 9.59 Å². The number of hydrogen-bond acceptors (Lipinski definition) is 2. The van der Waals surface area contributed by atoms with Gasteiger partial charge in [0.1, 0.15) is 5.54 Å². The highest BCUT2D eigenvalue weighted by Gasteiger charge is 2.59. The zero-order valence-corrected chi connectivity index (χ0v) is 7.30. The Morgan fingerprint density at radius 3 is 2.62 bits per heavy atom. The lowest BCUT2D eigenvalue weighted by Gasteiger charge is -2.30. The number of nitrogens with one attached hydrogen (secondary N) is 2. The predicted octanol–water partition coefficient (Wildman–Crippen LogP) is 0.385. The number of amides is 3. The summed E-state index contributed by atoms with van der Waals surface area (Å²) in [4.78, 5) is 22.7. The van der Waals surface area contributed by atoms with E-state index in [0.29, 0.717) is 11.8 Å². The van der Waals surface area contributed by atoms with Crippen molar-refractivity contribution >= 4 is 11.9 Å². The summed E-state index contributed by atoms with van der Waals surface area (Å²) in [5.74, 6) is 0.961. The summed E-state index contributed by atoms with van der Waals surface area (Å²) in [6.45, 7) is 0. The molecule has 2 saturated carbocycles. The number of hydrogen-bond donors (Lipinski definition) is 2. The SMILES string of the molecule is O=C1NC(=O)[C@]2(C[C@H]3CC[C@@H]2C3)N1. The molecule has 0 unspecified atom stereocenters. The minimum Gasteiger partial charge on any atom is -0.323 e. The van der Waals surface area contributed by atoms with Gasteiger partial charge in [-0.15, -0.1) is 0 Å². The van der Waals surface area contributed by atoms with Crippen molar-refractivity contribution in [3.05, 3.63) is 0 Å². The van der Waals surface area contributed by atoms with Crippen LogP contribution in [-0.4, -0.2) is 17.5 Å². The van der Waals surface area contributed by atoms with Gasteiger partial charge in [0.05, 0.1) is 0 Å². The minimum atomic E-state index is -0.514. The van der Waals surface area contributed by atoms with Gasteiger partial charge in [0.25, 0.3) is 5.91 Å². The van der Waals surface area contributed by atoms with Crippen LogP contribution in [-0.2, 0) is 4.79 Å². The van der Waals surface area contributed by atoms with Crippen LogP contribution in [0.3, 0.4) is 0 Å². The fourth-order valence-electron chi connectivity index (χ4n) is 3.27. The molecule has 70 valence electrons. The monoisotopic (exact) mass is 180 g/mol. The Labute approximate surface area is 76.1 Å². The third-order valence-corrected chi connectivity index (χ3v) is 3.82. The van der Waals surface area contributed by atoms with E-state index in [9.17, 15) is 9.59 Å². The van der Waals surface area contributed by atoms with Crippen LogP contribution >= 0.6 is 0 Å². The molecular formula is C9H12N2O2. The van der Waals surface area contributed by atoms with Gasteiger partial charge in [0.15, 0.2) is 0 Å². The van der Waals surface area contributed by atoms with Gasteiger partial charge in [0, 0.05) is 0 Å². The maximum Gasteiger partial charge on any atom is 0.322 e. The normalized spacial score (nSPS) is 47.1. The highest BCUT2D eigenvalue weighted by molar-refractivity contribution is 6.07. The zero-order chi connectivity index (χ0) is 9.05. The van der Waals surface area contributed by atoms with Gasteiger partial charge < -0.3 is 5.32 Å². The van der Waals surface area contributed by atoms with Crippen LogP contribution < -0.4 is 10.6 Å². The quantitative estimate of drug-likeness (QED) is 0.530. The molecular weight excluding hydrogens is 168 g/mol. The van der Waals surface area contributed by atoms with E-state index in [2.05, 4.69) is 10.6 Å². The van der Waals surface area contributed by atoms with Crippen LogP contribution in [0.1, 0.15) is 25.7 Å². The molecule has 3 aliphatic rings. The smallest absolute Gasteiger partial charge is 0.322 e. The Balaban J connectivity index is 1.98. The van der Waals surface area contributed by atoms with E-state index in [1.165, 1.54) is 6.42 Å². The summed E-state index contributed by atoms with van der Waals surface area (Å²) < 4.78 is 0. The molecule has 4 heteroatoms. The molecule has 3 atom stereocenters. The Morgan fingerprint density at radius 2 is 2.15 bits per heavy atom. The molecule has 2 bridgehead atoms. The second-order valence-corrected chi connectivity index (χ2v) is 4.46. The molecule has 3 amide bonds. The van der Waals surface area contributed by atoms with E-state index in [-0.39, 0.29) is 11.9 Å². The Hall–Kier alpha value is -1.06. The van der Waals surface area contributed by atoms with Gasteiger partial charge >= 0.3 is 6.03 Å². The summed E-state index contributed by atoms with van der Waals surface area (Å²) in [5, 5.41) is 5.16. The number of carbonyl (C=O) groups is 2. The lowest BCUT2D eigenvalue weighted by Crippen LogP contribution is -2.51.